The van der Waals surface area contributed by atoms with E-state index in [2.05, 4.69) is 4.98 Å². The summed E-state index contributed by atoms with van der Waals surface area (Å²) in [6.45, 7) is 1.44. The van der Waals surface area contributed by atoms with Crippen LogP contribution in [0.1, 0.15) is 28.5 Å². The Kier molecular flexibility index (Phi) is 4.95. The van der Waals surface area contributed by atoms with Gasteiger partial charge in [0.1, 0.15) is 11.3 Å². The zero-order valence-electron chi connectivity index (χ0n) is 15.0. The number of carbonyl (C=O) groups is 1. The third kappa shape index (κ3) is 3.48. The number of fused-ring (bicyclic) bond motifs is 1. The number of hydrogen-bond acceptors (Lipinski definition) is 7. The molecule has 0 aliphatic carbocycles. The second-order valence-electron chi connectivity index (χ2n) is 6.00. The normalized spacial score (nSPS) is 11.1. The van der Waals surface area contributed by atoms with Gasteiger partial charge >= 0.3 is 5.69 Å². The number of hydrogen-bond donors (Lipinski definition) is 2. The third-order valence-electron chi connectivity index (χ3n) is 4.18. The van der Waals surface area contributed by atoms with Crippen molar-refractivity contribution in [3.63, 3.8) is 0 Å². The van der Waals surface area contributed by atoms with Crippen molar-refractivity contribution in [2.45, 2.75) is 6.92 Å². The fourth-order valence-corrected chi connectivity index (χ4v) is 2.80. The number of nitro benzene ring substituents is 1. The molecular formula is C20H16N2O6. The van der Waals surface area contributed by atoms with E-state index in [1.807, 2.05) is 0 Å². The van der Waals surface area contributed by atoms with Crippen molar-refractivity contribution in [2.24, 2.45) is 0 Å². The van der Waals surface area contributed by atoms with E-state index in [9.17, 15) is 25.1 Å². The van der Waals surface area contributed by atoms with Crippen LogP contribution in [0.2, 0.25) is 0 Å². The summed E-state index contributed by atoms with van der Waals surface area (Å²) in [6.07, 6.45) is 3.16. The molecule has 142 valence electrons. The molecular weight excluding hydrogens is 364 g/mol. The molecule has 0 aliphatic heterocycles. The summed E-state index contributed by atoms with van der Waals surface area (Å²) in [7, 11) is 1.30. The minimum atomic E-state index is -0.704. The van der Waals surface area contributed by atoms with Crippen LogP contribution in [0.25, 0.3) is 23.1 Å². The lowest BCUT2D eigenvalue weighted by atomic mass is 10.0. The van der Waals surface area contributed by atoms with E-state index in [0.717, 1.165) is 0 Å². The molecule has 28 heavy (non-hydrogen) atoms. The number of rotatable bonds is 5. The second-order valence-corrected chi connectivity index (χ2v) is 6.00. The lowest BCUT2D eigenvalue weighted by Gasteiger charge is -2.06. The highest BCUT2D eigenvalue weighted by molar-refractivity contribution is 6.07. The Morgan fingerprint density at radius 1 is 1.18 bits per heavy atom. The van der Waals surface area contributed by atoms with Crippen LogP contribution in [0.3, 0.4) is 0 Å². The first-order valence-electron chi connectivity index (χ1n) is 8.19. The number of benzene rings is 2. The number of ketones is 1. The predicted octanol–water partition coefficient (Wildman–Crippen LogP) is 3.94. The maximum Gasteiger partial charge on any atom is 0.315 e. The van der Waals surface area contributed by atoms with Gasteiger partial charge in [0, 0.05) is 17.0 Å². The number of pyridine rings is 1. The Hall–Kier alpha value is -3.94. The fourth-order valence-electron chi connectivity index (χ4n) is 2.80. The van der Waals surface area contributed by atoms with Crippen LogP contribution in [0.4, 0.5) is 5.69 Å². The molecule has 2 aromatic carbocycles. The number of Topliss-reactive ketones (excluding diaryl/α,β-unsaturated/α-hetero) is 1. The van der Waals surface area contributed by atoms with Crippen LogP contribution in [-0.4, -0.2) is 33.0 Å². The van der Waals surface area contributed by atoms with Crippen molar-refractivity contribution in [1.82, 2.24) is 4.98 Å². The van der Waals surface area contributed by atoms with Crippen LogP contribution >= 0.6 is 0 Å². The molecule has 8 nitrogen and oxygen atoms in total. The molecule has 3 rings (SSSR count). The third-order valence-corrected chi connectivity index (χ3v) is 4.18. The number of methoxy groups -OCH3 is 1. The van der Waals surface area contributed by atoms with Gasteiger partial charge in [-0.2, -0.15) is 0 Å². The van der Waals surface area contributed by atoms with Crippen molar-refractivity contribution in [3.05, 3.63) is 63.3 Å². The number of ether oxygens (including phenoxy) is 1. The second kappa shape index (κ2) is 7.36. The van der Waals surface area contributed by atoms with Crippen molar-refractivity contribution in [2.75, 3.05) is 7.11 Å². The summed E-state index contributed by atoms with van der Waals surface area (Å²) in [5, 5.41) is 31.5. The highest BCUT2D eigenvalue weighted by atomic mass is 16.6. The largest absolute Gasteiger partial charge is 0.506 e. The molecule has 2 N–H and O–H groups in total. The van der Waals surface area contributed by atoms with E-state index in [1.165, 1.54) is 32.2 Å². The fraction of sp³-hybridized carbons (Fsp3) is 0.100. The van der Waals surface area contributed by atoms with Gasteiger partial charge in [0.2, 0.25) is 5.75 Å². The summed E-state index contributed by atoms with van der Waals surface area (Å²) in [5.74, 6) is -0.769. The Labute approximate surface area is 159 Å². The summed E-state index contributed by atoms with van der Waals surface area (Å²) < 4.78 is 4.97. The van der Waals surface area contributed by atoms with Gasteiger partial charge in [-0.1, -0.05) is 6.08 Å². The highest BCUT2D eigenvalue weighted by Crippen LogP contribution is 2.37. The number of nitro groups is 1. The molecule has 0 radical (unpaired) electrons. The van der Waals surface area contributed by atoms with Crippen LogP contribution < -0.4 is 4.74 Å². The molecule has 0 atom stereocenters. The number of aromatic nitrogens is 1. The Morgan fingerprint density at radius 2 is 1.93 bits per heavy atom. The van der Waals surface area contributed by atoms with E-state index in [-0.39, 0.29) is 22.8 Å². The Balaban J connectivity index is 2.04. The van der Waals surface area contributed by atoms with Gasteiger partial charge in [0.15, 0.2) is 11.5 Å². The average Bonchev–Trinajstić information content (AvgIpc) is 2.67. The first kappa shape index (κ1) is 18.8. The van der Waals surface area contributed by atoms with Gasteiger partial charge in [-0.3, -0.25) is 14.9 Å². The van der Waals surface area contributed by atoms with Crippen LogP contribution in [0, 0.1) is 10.1 Å². The predicted molar refractivity (Wildman–Crippen MR) is 104 cm³/mol. The molecule has 0 amide bonds. The van der Waals surface area contributed by atoms with E-state index >= 15 is 0 Å². The highest BCUT2D eigenvalue weighted by Gasteiger charge is 2.19. The average molecular weight is 380 g/mol. The molecule has 0 unspecified atom stereocenters. The maximum absolute atomic E-state index is 11.7. The SMILES string of the molecule is COc1cc(/C=C/c2ccc3c(C(C)=O)ccc(O)c3n2)cc([N+](=O)[O-])c1O. The molecule has 0 saturated heterocycles. The topological polar surface area (TPSA) is 123 Å². The molecule has 0 aliphatic rings. The summed E-state index contributed by atoms with van der Waals surface area (Å²) >= 11 is 0. The zero-order valence-corrected chi connectivity index (χ0v) is 15.0. The van der Waals surface area contributed by atoms with Gasteiger partial charge in [0.25, 0.3) is 0 Å². The molecule has 0 fully saturated rings. The smallest absolute Gasteiger partial charge is 0.315 e. The minimum absolute atomic E-state index is 0.0240. The van der Waals surface area contributed by atoms with E-state index in [0.29, 0.717) is 22.2 Å². The van der Waals surface area contributed by atoms with Gasteiger partial charge in [-0.05, 0) is 48.9 Å². The number of aromatic hydroxyl groups is 2. The molecule has 8 heteroatoms. The van der Waals surface area contributed by atoms with Crippen molar-refractivity contribution >= 4 is 34.5 Å². The van der Waals surface area contributed by atoms with Crippen molar-refractivity contribution in [1.29, 1.82) is 0 Å². The molecule has 1 aromatic heterocycles. The van der Waals surface area contributed by atoms with E-state index in [4.69, 9.17) is 4.74 Å². The molecule has 0 bridgehead atoms. The summed E-state index contributed by atoms with van der Waals surface area (Å²) in [4.78, 5) is 26.5. The van der Waals surface area contributed by atoms with Gasteiger partial charge < -0.3 is 14.9 Å². The van der Waals surface area contributed by atoms with Crippen LogP contribution in [0.15, 0.2) is 36.4 Å². The molecule has 1 heterocycles. The van der Waals surface area contributed by atoms with Gasteiger partial charge in [-0.25, -0.2) is 4.98 Å². The van der Waals surface area contributed by atoms with Crippen molar-refractivity contribution < 1.29 is 24.7 Å². The quantitative estimate of drug-likeness (QED) is 0.390. The molecule has 0 spiro atoms. The number of phenols is 2. The minimum Gasteiger partial charge on any atom is -0.506 e. The monoisotopic (exact) mass is 380 g/mol. The van der Waals surface area contributed by atoms with E-state index in [1.54, 1.807) is 30.4 Å². The van der Waals surface area contributed by atoms with Crippen molar-refractivity contribution in [3.8, 4) is 17.2 Å². The lowest BCUT2D eigenvalue weighted by molar-refractivity contribution is -0.386. The van der Waals surface area contributed by atoms with E-state index < -0.39 is 16.4 Å². The Bertz CT molecular complexity index is 1140. The molecule has 3 aromatic rings. The summed E-state index contributed by atoms with van der Waals surface area (Å²) in [6, 6.07) is 8.95. The van der Waals surface area contributed by atoms with Gasteiger partial charge in [-0.15, -0.1) is 0 Å². The zero-order chi connectivity index (χ0) is 20.4. The lowest BCUT2D eigenvalue weighted by Crippen LogP contribution is -1.95. The van der Waals surface area contributed by atoms with Gasteiger partial charge in [0.05, 0.1) is 17.7 Å². The Morgan fingerprint density at radius 3 is 2.57 bits per heavy atom. The number of carbonyl (C=O) groups excluding carboxylic acids is 1. The van der Waals surface area contributed by atoms with Crippen LogP contribution in [0.5, 0.6) is 17.2 Å². The summed E-state index contributed by atoms with van der Waals surface area (Å²) in [5.41, 5.74) is 1.15. The number of phenolic OH excluding ortho intramolecular Hbond substituents is 2. The van der Waals surface area contributed by atoms with Crippen LogP contribution in [-0.2, 0) is 0 Å². The first-order valence-corrected chi connectivity index (χ1v) is 8.19. The first-order chi connectivity index (χ1) is 13.3. The standard InChI is InChI=1S/C20H16N2O6/c1-11(23)14-7-8-17(24)19-15(14)6-5-13(21-19)4-3-12-9-16(22(26)27)20(25)18(10-12)28-2/h3-10,24-25H,1-2H3/b4-3+. The number of nitrogens with zero attached hydrogens (tertiary/aromatic N) is 2. The maximum atomic E-state index is 11.7. The molecule has 0 saturated carbocycles.